The van der Waals surface area contributed by atoms with Crippen LogP contribution in [0.3, 0.4) is 0 Å². The fourth-order valence-electron chi connectivity index (χ4n) is 2.88. The number of hydrogen-bond acceptors (Lipinski definition) is 7. The van der Waals surface area contributed by atoms with Crippen LogP contribution in [0.2, 0.25) is 5.02 Å². The standard InChI is InChI=1S/C20H22ClN3O5S2/c1-28-11-9-24(10-12-29-2)31(26,27)15-5-3-14(4-6-15)20(25)23-17-8-7-16(21)18-19(17)30-13-22-18/h3-8,13H,9-12H2,1-2H3,(H,23,25). The Labute approximate surface area is 189 Å². The lowest BCUT2D eigenvalue weighted by molar-refractivity contribution is 0.102. The Hall–Kier alpha value is -2.08. The van der Waals surface area contributed by atoms with Crippen LogP contribution in [0.5, 0.6) is 0 Å². The Balaban J connectivity index is 1.78. The van der Waals surface area contributed by atoms with Gasteiger partial charge in [-0.05, 0) is 36.4 Å². The van der Waals surface area contributed by atoms with Crippen molar-refractivity contribution in [2.24, 2.45) is 0 Å². The minimum atomic E-state index is -3.75. The highest BCUT2D eigenvalue weighted by atomic mass is 35.5. The highest BCUT2D eigenvalue weighted by molar-refractivity contribution is 7.89. The number of methoxy groups -OCH3 is 2. The molecule has 0 saturated carbocycles. The van der Waals surface area contributed by atoms with Gasteiger partial charge in [-0.15, -0.1) is 11.3 Å². The van der Waals surface area contributed by atoms with E-state index in [0.717, 1.165) is 4.70 Å². The predicted molar refractivity (Wildman–Crippen MR) is 122 cm³/mol. The van der Waals surface area contributed by atoms with Gasteiger partial charge in [0.15, 0.2) is 0 Å². The van der Waals surface area contributed by atoms with Crippen LogP contribution in [-0.4, -0.2) is 64.1 Å². The molecule has 0 aliphatic heterocycles. The number of halogens is 1. The molecule has 0 atom stereocenters. The van der Waals surface area contributed by atoms with Gasteiger partial charge in [0, 0.05) is 32.9 Å². The molecule has 0 unspecified atom stereocenters. The first-order valence-corrected chi connectivity index (χ1v) is 12.0. The van der Waals surface area contributed by atoms with Crippen molar-refractivity contribution < 1.29 is 22.7 Å². The number of nitrogens with one attached hydrogen (secondary N) is 1. The summed E-state index contributed by atoms with van der Waals surface area (Å²) in [4.78, 5) is 17.0. The molecular formula is C20H22ClN3O5S2. The third-order valence-corrected chi connectivity index (χ3v) is 7.60. The summed E-state index contributed by atoms with van der Waals surface area (Å²) in [5.74, 6) is -0.364. The minimum Gasteiger partial charge on any atom is -0.383 e. The number of nitrogens with zero attached hydrogens (tertiary/aromatic N) is 2. The van der Waals surface area contributed by atoms with Crippen LogP contribution < -0.4 is 5.32 Å². The number of carbonyl (C=O) groups excluding carboxylic acids is 1. The Morgan fingerprint density at radius 3 is 2.35 bits per heavy atom. The molecule has 8 nitrogen and oxygen atoms in total. The Bertz CT molecular complexity index is 1140. The number of carbonyl (C=O) groups is 1. The molecule has 0 aliphatic carbocycles. The van der Waals surface area contributed by atoms with E-state index in [1.54, 1.807) is 17.6 Å². The van der Waals surface area contributed by atoms with Crippen LogP contribution in [-0.2, 0) is 19.5 Å². The van der Waals surface area contributed by atoms with Crippen molar-refractivity contribution in [2.45, 2.75) is 4.90 Å². The number of anilines is 1. The average Bonchev–Trinajstić information content (AvgIpc) is 3.27. The third-order valence-electron chi connectivity index (χ3n) is 4.53. The topological polar surface area (TPSA) is 97.8 Å². The largest absolute Gasteiger partial charge is 0.383 e. The smallest absolute Gasteiger partial charge is 0.255 e. The molecule has 166 valence electrons. The van der Waals surface area contributed by atoms with Crippen molar-refractivity contribution in [1.82, 2.24) is 9.29 Å². The number of sulfonamides is 1. The maximum absolute atomic E-state index is 13.0. The second-order valence-corrected chi connectivity index (χ2v) is 9.69. The van der Waals surface area contributed by atoms with Gasteiger partial charge in [-0.25, -0.2) is 13.4 Å². The maximum atomic E-state index is 13.0. The van der Waals surface area contributed by atoms with Gasteiger partial charge < -0.3 is 14.8 Å². The van der Waals surface area contributed by atoms with Crippen molar-refractivity contribution >= 4 is 54.8 Å². The molecule has 0 saturated heterocycles. The maximum Gasteiger partial charge on any atom is 0.255 e. The van der Waals surface area contributed by atoms with Crippen LogP contribution in [0.1, 0.15) is 10.4 Å². The SMILES string of the molecule is COCCN(CCOC)S(=O)(=O)c1ccc(C(=O)Nc2ccc(Cl)c3ncsc23)cc1. The lowest BCUT2D eigenvalue weighted by Gasteiger charge is -2.21. The lowest BCUT2D eigenvalue weighted by atomic mass is 10.2. The van der Waals surface area contributed by atoms with Gasteiger partial charge in [0.05, 0.1) is 39.0 Å². The normalized spacial score (nSPS) is 11.9. The number of ether oxygens (including phenoxy) is 2. The van der Waals surface area contributed by atoms with Gasteiger partial charge in [0.25, 0.3) is 5.91 Å². The summed E-state index contributed by atoms with van der Waals surface area (Å²) in [6.07, 6.45) is 0. The zero-order chi connectivity index (χ0) is 22.4. The van der Waals surface area contributed by atoms with Crippen LogP contribution in [0.25, 0.3) is 10.2 Å². The van der Waals surface area contributed by atoms with E-state index in [1.807, 2.05) is 0 Å². The van der Waals surface area contributed by atoms with E-state index in [4.69, 9.17) is 21.1 Å². The Morgan fingerprint density at radius 2 is 1.74 bits per heavy atom. The zero-order valence-corrected chi connectivity index (χ0v) is 19.4. The second-order valence-electron chi connectivity index (χ2n) is 6.49. The number of aromatic nitrogens is 1. The molecule has 1 aromatic heterocycles. The number of fused-ring (bicyclic) bond motifs is 1. The van der Waals surface area contributed by atoms with Gasteiger partial charge in [-0.2, -0.15) is 4.31 Å². The minimum absolute atomic E-state index is 0.0904. The number of rotatable bonds is 10. The highest BCUT2D eigenvalue weighted by Gasteiger charge is 2.24. The molecular weight excluding hydrogens is 462 g/mol. The summed E-state index contributed by atoms with van der Waals surface area (Å²) in [7, 11) is -0.734. The first-order valence-electron chi connectivity index (χ1n) is 9.29. The molecule has 3 aromatic rings. The molecule has 1 N–H and O–H groups in total. The van der Waals surface area contributed by atoms with Gasteiger partial charge >= 0.3 is 0 Å². The summed E-state index contributed by atoms with van der Waals surface area (Å²) >= 11 is 7.50. The molecule has 0 fully saturated rings. The molecule has 2 aromatic carbocycles. The lowest BCUT2D eigenvalue weighted by Crippen LogP contribution is -2.36. The van der Waals surface area contributed by atoms with E-state index in [0.29, 0.717) is 21.8 Å². The second kappa shape index (κ2) is 10.5. The molecule has 1 heterocycles. The summed E-state index contributed by atoms with van der Waals surface area (Å²) < 4.78 is 38.0. The van der Waals surface area contributed by atoms with Crippen molar-refractivity contribution in [3.63, 3.8) is 0 Å². The molecule has 11 heteroatoms. The van der Waals surface area contributed by atoms with Crippen LogP contribution in [0.15, 0.2) is 46.8 Å². The third kappa shape index (κ3) is 5.40. The summed E-state index contributed by atoms with van der Waals surface area (Å²) in [5, 5.41) is 3.34. The van der Waals surface area contributed by atoms with Crippen molar-refractivity contribution in [3.8, 4) is 0 Å². The number of thiazole rings is 1. The van der Waals surface area contributed by atoms with Gasteiger partial charge in [-0.3, -0.25) is 4.79 Å². The quantitative estimate of drug-likeness (QED) is 0.474. The molecule has 0 aliphatic rings. The summed E-state index contributed by atoms with van der Waals surface area (Å²) in [6, 6.07) is 9.17. The molecule has 0 bridgehead atoms. The monoisotopic (exact) mass is 483 g/mol. The zero-order valence-electron chi connectivity index (χ0n) is 17.0. The van der Waals surface area contributed by atoms with E-state index in [9.17, 15) is 13.2 Å². The highest BCUT2D eigenvalue weighted by Crippen LogP contribution is 2.32. The summed E-state index contributed by atoms with van der Waals surface area (Å²) in [5.41, 5.74) is 3.20. The van der Waals surface area contributed by atoms with Crippen LogP contribution >= 0.6 is 22.9 Å². The van der Waals surface area contributed by atoms with Crippen LogP contribution in [0, 0.1) is 0 Å². The Kier molecular flexibility index (Phi) is 7.98. The number of hydrogen-bond donors (Lipinski definition) is 1. The first-order chi connectivity index (χ1) is 14.9. The first kappa shape index (κ1) is 23.6. The number of amides is 1. The average molecular weight is 484 g/mol. The van der Waals surface area contributed by atoms with E-state index in [2.05, 4.69) is 10.3 Å². The molecule has 3 rings (SSSR count). The van der Waals surface area contributed by atoms with Crippen LogP contribution in [0.4, 0.5) is 5.69 Å². The summed E-state index contributed by atoms with van der Waals surface area (Å²) in [6.45, 7) is 0.921. The van der Waals surface area contributed by atoms with Gasteiger partial charge in [0.2, 0.25) is 10.0 Å². The van der Waals surface area contributed by atoms with Crippen molar-refractivity contribution in [3.05, 3.63) is 52.5 Å². The predicted octanol–water partition coefficient (Wildman–Crippen LogP) is 3.49. The van der Waals surface area contributed by atoms with Gasteiger partial charge in [0.1, 0.15) is 5.52 Å². The number of benzene rings is 2. The van der Waals surface area contributed by atoms with Crippen molar-refractivity contribution in [2.75, 3.05) is 45.8 Å². The van der Waals surface area contributed by atoms with Gasteiger partial charge in [-0.1, -0.05) is 11.6 Å². The van der Waals surface area contributed by atoms with Crippen molar-refractivity contribution in [1.29, 1.82) is 0 Å². The van der Waals surface area contributed by atoms with E-state index in [-0.39, 0.29) is 37.1 Å². The van der Waals surface area contributed by atoms with E-state index < -0.39 is 10.0 Å². The fraction of sp³-hybridized carbons (Fsp3) is 0.300. The molecule has 31 heavy (non-hydrogen) atoms. The molecule has 1 amide bonds. The molecule has 0 spiro atoms. The Morgan fingerprint density at radius 1 is 1.10 bits per heavy atom. The fourth-order valence-corrected chi connectivity index (χ4v) is 5.33. The molecule has 0 radical (unpaired) electrons. The van der Waals surface area contributed by atoms with E-state index >= 15 is 0 Å². The van der Waals surface area contributed by atoms with E-state index in [1.165, 1.54) is 54.1 Å².